The van der Waals surface area contributed by atoms with Crippen LogP contribution in [0.1, 0.15) is 6.92 Å². The van der Waals surface area contributed by atoms with E-state index in [2.05, 4.69) is 11.5 Å². The monoisotopic (exact) mass is 243 g/mol. The fourth-order valence-electron chi connectivity index (χ4n) is 2.49. The van der Waals surface area contributed by atoms with Crippen LogP contribution in [0.2, 0.25) is 0 Å². The summed E-state index contributed by atoms with van der Waals surface area (Å²) in [7, 11) is 3.58. The predicted molar refractivity (Wildman–Crippen MR) is 62.6 cm³/mol. The van der Waals surface area contributed by atoms with Crippen molar-refractivity contribution in [3.05, 3.63) is 12.7 Å². The van der Waals surface area contributed by atoms with Gasteiger partial charge in [0.1, 0.15) is 18.3 Å². The quantitative estimate of drug-likeness (QED) is 0.692. The molecule has 1 N–H and O–H groups in total. The number of aliphatic hydroxyl groups is 1. The largest absolute Gasteiger partial charge is 0.388 e. The van der Waals surface area contributed by atoms with E-state index in [1.165, 1.54) is 0 Å². The maximum absolute atomic E-state index is 10.3. The number of methoxy groups -OCH3 is 1. The summed E-state index contributed by atoms with van der Waals surface area (Å²) in [6, 6.07) is 0. The third kappa shape index (κ3) is 2.39. The summed E-state index contributed by atoms with van der Waals surface area (Å²) in [5.41, 5.74) is 0. The van der Waals surface area contributed by atoms with Crippen molar-refractivity contribution in [3.63, 3.8) is 0 Å². The van der Waals surface area contributed by atoms with Gasteiger partial charge in [-0.3, -0.25) is 0 Å². The van der Waals surface area contributed by atoms with Crippen molar-refractivity contribution in [2.75, 3.05) is 27.2 Å². The van der Waals surface area contributed by atoms with Crippen LogP contribution in [0.15, 0.2) is 12.7 Å². The average Bonchev–Trinajstić information content (AvgIpc) is 2.58. The minimum Gasteiger partial charge on any atom is -0.388 e. The minimum atomic E-state index is -0.813. The Morgan fingerprint density at radius 2 is 2.18 bits per heavy atom. The van der Waals surface area contributed by atoms with Gasteiger partial charge in [0.25, 0.3) is 0 Å². The molecule has 2 heterocycles. The second kappa shape index (κ2) is 4.66. The fraction of sp³-hybridized carbons (Fsp3) is 0.833. The zero-order chi connectivity index (χ0) is 12.6. The van der Waals surface area contributed by atoms with E-state index < -0.39 is 11.9 Å². The highest BCUT2D eigenvalue weighted by Crippen LogP contribution is 2.34. The van der Waals surface area contributed by atoms with Crippen molar-refractivity contribution < 1.29 is 19.3 Å². The molecule has 5 nitrogen and oxygen atoms in total. The van der Waals surface area contributed by atoms with Crippen molar-refractivity contribution in [3.8, 4) is 0 Å². The molecule has 2 aliphatic rings. The molecule has 0 saturated carbocycles. The highest BCUT2D eigenvalue weighted by Gasteiger charge is 2.50. The highest BCUT2D eigenvalue weighted by molar-refractivity contribution is 5.00. The summed E-state index contributed by atoms with van der Waals surface area (Å²) in [5, 5.41) is 10.3. The van der Waals surface area contributed by atoms with Crippen LogP contribution in [0.5, 0.6) is 0 Å². The van der Waals surface area contributed by atoms with E-state index in [1.807, 2.05) is 14.0 Å². The van der Waals surface area contributed by atoms with Gasteiger partial charge in [0.05, 0.1) is 6.10 Å². The predicted octanol–water partition coefficient (Wildman–Crippen LogP) is -0.00610. The second-order valence-electron chi connectivity index (χ2n) is 4.94. The fourth-order valence-corrected chi connectivity index (χ4v) is 2.49. The van der Waals surface area contributed by atoms with Crippen LogP contribution in [-0.4, -0.2) is 67.5 Å². The van der Waals surface area contributed by atoms with E-state index in [0.29, 0.717) is 13.1 Å². The number of likely N-dealkylation sites (N-methyl/N-ethyl adjacent to an activating group) is 1. The van der Waals surface area contributed by atoms with E-state index >= 15 is 0 Å². The third-order valence-electron chi connectivity index (χ3n) is 3.50. The molecule has 0 aromatic carbocycles. The molecule has 2 saturated heterocycles. The smallest absolute Gasteiger partial charge is 0.185 e. The Hall–Kier alpha value is -0.460. The van der Waals surface area contributed by atoms with E-state index in [4.69, 9.17) is 14.2 Å². The molecule has 0 aromatic rings. The van der Waals surface area contributed by atoms with Gasteiger partial charge in [0.2, 0.25) is 0 Å². The Morgan fingerprint density at radius 1 is 1.47 bits per heavy atom. The van der Waals surface area contributed by atoms with Gasteiger partial charge >= 0.3 is 0 Å². The van der Waals surface area contributed by atoms with Gasteiger partial charge in [-0.05, 0) is 20.0 Å². The van der Waals surface area contributed by atoms with Crippen molar-refractivity contribution in [1.29, 1.82) is 0 Å². The first-order valence-corrected chi connectivity index (χ1v) is 5.87. The van der Waals surface area contributed by atoms with Crippen LogP contribution >= 0.6 is 0 Å². The normalized spacial score (nSPS) is 47.5. The molecule has 98 valence electrons. The zero-order valence-electron chi connectivity index (χ0n) is 10.6. The first kappa shape index (κ1) is 13.0. The maximum atomic E-state index is 10.3. The first-order chi connectivity index (χ1) is 7.99. The van der Waals surface area contributed by atoms with E-state index in [9.17, 15) is 5.11 Å². The van der Waals surface area contributed by atoms with Crippen molar-refractivity contribution >= 4 is 0 Å². The number of nitrogens with zero attached hydrogens (tertiary/aromatic N) is 1. The molecule has 0 spiro atoms. The van der Waals surface area contributed by atoms with Gasteiger partial charge in [-0.2, -0.15) is 0 Å². The topological polar surface area (TPSA) is 51.2 Å². The Kier molecular flexibility index (Phi) is 3.56. The van der Waals surface area contributed by atoms with Gasteiger partial charge in [0.15, 0.2) is 5.79 Å². The van der Waals surface area contributed by atoms with Crippen LogP contribution in [-0.2, 0) is 14.2 Å². The summed E-state index contributed by atoms with van der Waals surface area (Å²) in [6.07, 6.45) is 0.157. The lowest BCUT2D eigenvalue weighted by atomic mass is 10.1. The molecular weight excluding hydrogens is 222 g/mol. The van der Waals surface area contributed by atoms with Gasteiger partial charge in [0, 0.05) is 20.2 Å². The number of ether oxygens (including phenoxy) is 3. The van der Waals surface area contributed by atoms with Crippen LogP contribution in [0.3, 0.4) is 0 Å². The lowest BCUT2D eigenvalue weighted by Gasteiger charge is -2.26. The van der Waals surface area contributed by atoms with Crippen molar-refractivity contribution in [1.82, 2.24) is 4.90 Å². The number of fused-ring (bicyclic) bond motifs is 1. The van der Waals surface area contributed by atoms with E-state index in [0.717, 1.165) is 0 Å². The lowest BCUT2D eigenvalue weighted by molar-refractivity contribution is -0.150. The summed E-state index contributed by atoms with van der Waals surface area (Å²) in [6.45, 7) is 6.89. The molecular formula is C12H21NO4. The van der Waals surface area contributed by atoms with E-state index in [-0.39, 0.29) is 18.3 Å². The average molecular weight is 243 g/mol. The van der Waals surface area contributed by atoms with E-state index in [1.54, 1.807) is 13.2 Å². The van der Waals surface area contributed by atoms with Gasteiger partial charge in [-0.15, -0.1) is 0 Å². The number of likely N-dealkylation sites (tertiary alicyclic amines) is 1. The minimum absolute atomic E-state index is 0.154. The zero-order valence-corrected chi connectivity index (χ0v) is 10.6. The second-order valence-corrected chi connectivity index (χ2v) is 4.94. The molecule has 2 fully saturated rings. The van der Waals surface area contributed by atoms with Crippen LogP contribution in [0.25, 0.3) is 0 Å². The molecule has 2 aliphatic heterocycles. The lowest BCUT2D eigenvalue weighted by Crippen LogP contribution is -2.43. The van der Waals surface area contributed by atoms with Gasteiger partial charge in [-0.25, -0.2) is 0 Å². The SMILES string of the molecule is C=CC1(C)OC2CN(C)CC(OC)C(O)C2O1. The summed E-state index contributed by atoms with van der Waals surface area (Å²) < 4.78 is 16.9. The molecule has 0 aromatic heterocycles. The molecule has 5 unspecified atom stereocenters. The van der Waals surface area contributed by atoms with Crippen LogP contribution in [0, 0.1) is 0 Å². The summed E-state index contributed by atoms with van der Waals surface area (Å²) in [4.78, 5) is 2.08. The summed E-state index contributed by atoms with van der Waals surface area (Å²) >= 11 is 0. The molecule has 5 atom stereocenters. The van der Waals surface area contributed by atoms with Crippen LogP contribution in [0.4, 0.5) is 0 Å². The first-order valence-electron chi connectivity index (χ1n) is 5.87. The van der Waals surface area contributed by atoms with Gasteiger partial charge < -0.3 is 24.2 Å². The third-order valence-corrected chi connectivity index (χ3v) is 3.50. The van der Waals surface area contributed by atoms with Gasteiger partial charge in [-0.1, -0.05) is 6.58 Å². The number of aliphatic hydroxyl groups excluding tert-OH is 1. The Bertz CT molecular complexity index is 298. The molecule has 0 amide bonds. The Labute approximate surface area is 102 Å². The number of hydrogen-bond acceptors (Lipinski definition) is 5. The standard InChI is InChI=1S/C12H21NO4/c1-5-12(2)16-9-7-13(3)6-8(15-4)10(14)11(9)17-12/h5,8-11,14H,1,6-7H2,2-4H3. The van der Waals surface area contributed by atoms with Crippen LogP contribution < -0.4 is 0 Å². The maximum Gasteiger partial charge on any atom is 0.185 e. The molecule has 0 radical (unpaired) electrons. The molecule has 0 aliphatic carbocycles. The molecule has 5 heteroatoms. The number of hydrogen-bond donors (Lipinski definition) is 1. The molecule has 17 heavy (non-hydrogen) atoms. The van der Waals surface area contributed by atoms with Crippen molar-refractivity contribution in [2.45, 2.75) is 37.1 Å². The Morgan fingerprint density at radius 3 is 2.76 bits per heavy atom. The number of rotatable bonds is 2. The summed E-state index contributed by atoms with van der Waals surface area (Å²) in [5.74, 6) is -0.813. The highest BCUT2D eigenvalue weighted by atomic mass is 16.8. The molecule has 2 rings (SSSR count). The Balaban J connectivity index is 2.19. The van der Waals surface area contributed by atoms with Crippen molar-refractivity contribution in [2.24, 2.45) is 0 Å². The molecule has 0 bridgehead atoms.